The number of halogens is 2. The maximum absolute atomic E-state index is 13.3. The number of hydrogen-bond donors (Lipinski definition) is 0. The van der Waals surface area contributed by atoms with Gasteiger partial charge in [-0.25, -0.2) is 17.2 Å². The van der Waals surface area contributed by atoms with Gasteiger partial charge in [-0.3, -0.25) is 4.98 Å². The molecule has 0 saturated carbocycles. The summed E-state index contributed by atoms with van der Waals surface area (Å²) in [5, 5.41) is 0. The normalized spacial score (nSPS) is 19.5. The molecule has 1 fully saturated rings. The van der Waals surface area contributed by atoms with Crippen LogP contribution < -0.4 is 0 Å². The summed E-state index contributed by atoms with van der Waals surface area (Å²) >= 11 is 0. The fourth-order valence-electron chi connectivity index (χ4n) is 2.75. The minimum atomic E-state index is -3.96. The van der Waals surface area contributed by atoms with Crippen LogP contribution >= 0.6 is 0 Å². The SMILES string of the molecule is O=S(=O)(c1cc(F)cc(F)c1)N1CCC[C@H]1c1cccnc1. The quantitative estimate of drug-likeness (QED) is 0.872. The number of nitrogens with zero attached hydrogens (tertiary/aromatic N) is 2. The molecule has 1 aliphatic heterocycles. The van der Waals surface area contributed by atoms with Gasteiger partial charge in [-0.2, -0.15) is 4.31 Å². The van der Waals surface area contributed by atoms with Gasteiger partial charge in [0.1, 0.15) is 11.6 Å². The highest BCUT2D eigenvalue weighted by atomic mass is 32.2. The molecule has 2 heterocycles. The molecule has 0 amide bonds. The van der Waals surface area contributed by atoms with Gasteiger partial charge in [-0.05, 0) is 36.6 Å². The fourth-order valence-corrected chi connectivity index (χ4v) is 4.47. The van der Waals surface area contributed by atoms with E-state index in [2.05, 4.69) is 4.98 Å². The van der Waals surface area contributed by atoms with Crippen LogP contribution in [-0.2, 0) is 10.0 Å². The minimum absolute atomic E-state index is 0.319. The molecule has 2 aromatic rings. The fraction of sp³-hybridized carbons (Fsp3) is 0.267. The Bertz CT molecular complexity index is 761. The van der Waals surface area contributed by atoms with Crippen molar-refractivity contribution in [3.8, 4) is 0 Å². The van der Waals surface area contributed by atoms with Gasteiger partial charge in [-0.15, -0.1) is 0 Å². The largest absolute Gasteiger partial charge is 0.264 e. The maximum atomic E-state index is 13.3. The van der Waals surface area contributed by atoms with E-state index < -0.39 is 21.7 Å². The van der Waals surface area contributed by atoms with E-state index in [1.165, 1.54) is 4.31 Å². The monoisotopic (exact) mass is 324 g/mol. The Labute approximate surface area is 127 Å². The van der Waals surface area contributed by atoms with Crippen LogP contribution in [0.25, 0.3) is 0 Å². The number of benzene rings is 1. The molecule has 0 radical (unpaired) electrons. The first-order valence-corrected chi connectivity index (χ1v) is 8.30. The molecule has 1 saturated heterocycles. The smallest absolute Gasteiger partial charge is 0.243 e. The predicted molar refractivity (Wildman–Crippen MR) is 76.5 cm³/mol. The topological polar surface area (TPSA) is 50.3 Å². The van der Waals surface area contributed by atoms with Crippen molar-refractivity contribution in [1.82, 2.24) is 9.29 Å². The van der Waals surface area contributed by atoms with Crippen molar-refractivity contribution in [3.63, 3.8) is 0 Å². The van der Waals surface area contributed by atoms with Gasteiger partial charge in [0.25, 0.3) is 0 Å². The molecule has 0 spiro atoms. The molecule has 1 aromatic heterocycles. The van der Waals surface area contributed by atoms with Crippen LogP contribution in [0, 0.1) is 11.6 Å². The molecule has 0 unspecified atom stereocenters. The van der Waals surface area contributed by atoms with Crippen LogP contribution in [0.1, 0.15) is 24.4 Å². The molecule has 22 heavy (non-hydrogen) atoms. The van der Waals surface area contributed by atoms with Crippen molar-refractivity contribution < 1.29 is 17.2 Å². The van der Waals surface area contributed by atoms with Crippen molar-refractivity contribution in [2.45, 2.75) is 23.8 Å². The van der Waals surface area contributed by atoms with E-state index in [1.807, 2.05) is 0 Å². The van der Waals surface area contributed by atoms with E-state index in [0.717, 1.165) is 17.7 Å². The Morgan fingerprint density at radius 3 is 2.55 bits per heavy atom. The molecule has 1 aromatic carbocycles. The zero-order valence-electron chi connectivity index (χ0n) is 11.6. The Morgan fingerprint density at radius 2 is 1.91 bits per heavy atom. The van der Waals surface area contributed by atoms with Gasteiger partial charge >= 0.3 is 0 Å². The third kappa shape index (κ3) is 2.74. The third-order valence-electron chi connectivity index (χ3n) is 3.72. The lowest BCUT2D eigenvalue weighted by molar-refractivity contribution is 0.395. The molecule has 0 aliphatic carbocycles. The first-order valence-electron chi connectivity index (χ1n) is 6.86. The van der Waals surface area contributed by atoms with E-state index in [4.69, 9.17) is 0 Å². The summed E-state index contributed by atoms with van der Waals surface area (Å²) in [6.45, 7) is 0.319. The van der Waals surface area contributed by atoms with Crippen molar-refractivity contribution in [1.29, 1.82) is 0 Å². The lowest BCUT2D eigenvalue weighted by Gasteiger charge is -2.24. The second kappa shape index (κ2) is 5.73. The second-order valence-electron chi connectivity index (χ2n) is 5.17. The van der Waals surface area contributed by atoms with Gasteiger partial charge in [0.05, 0.1) is 10.9 Å². The van der Waals surface area contributed by atoms with Crippen LogP contribution in [-0.4, -0.2) is 24.3 Å². The van der Waals surface area contributed by atoms with Crippen LogP contribution in [0.15, 0.2) is 47.6 Å². The molecule has 1 atom stereocenters. The number of rotatable bonds is 3. The lowest BCUT2D eigenvalue weighted by Crippen LogP contribution is -2.30. The average molecular weight is 324 g/mol. The molecule has 3 rings (SSSR count). The highest BCUT2D eigenvalue weighted by molar-refractivity contribution is 7.89. The minimum Gasteiger partial charge on any atom is -0.264 e. The molecule has 7 heteroatoms. The lowest BCUT2D eigenvalue weighted by atomic mass is 10.1. The van der Waals surface area contributed by atoms with E-state index >= 15 is 0 Å². The molecule has 1 aliphatic rings. The number of hydrogen-bond acceptors (Lipinski definition) is 3. The second-order valence-corrected chi connectivity index (χ2v) is 7.06. The highest BCUT2D eigenvalue weighted by Crippen LogP contribution is 2.36. The summed E-state index contributed by atoms with van der Waals surface area (Å²) in [5.74, 6) is -1.81. The van der Waals surface area contributed by atoms with Crippen LogP contribution in [0.4, 0.5) is 8.78 Å². The summed E-state index contributed by atoms with van der Waals surface area (Å²) in [5.41, 5.74) is 0.778. The summed E-state index contributed by atoms with van der Waals surface area (Å²) in [7, 11) is -3.96. The Morgan fingerprint density at radius 1 is 1.18 bits per heavy atom. The maximum Gasteiger partial charge on any atom is 0.243 e. The van der Waals surface area contributed by atoms with Gasteiger partial charge in [0.15, 0.2) is 0 Å². The highest BCUT2D eigenvalue weighted by Gasteiger charge is 2.36. The van der Waals surface area contributed by atoms with Gasteiger partial charge in [-0.1, -0.05) is 6.07 Å². The van der Waals surface area contributed by atoms with Crippen molar-refractivity contribution in [3.05, 3.63) is 59.9 Å². The molecule has 0 N–H and O–H groups in total. The summed E-state index contributed by atoms with van der Waals surface area (Å²) in [6, 6.07) is 5.53. The molecular weight excluding hydrogens is 310 g/mol. The first-order chi connectivity index (χ1) is 10.5. The number of pyridine rings is 1. The van der Waals surface area contributed by atoms with Crippen molar-refractivity contribution in [2.75, 3.05) is 6.54 Å². The standard InChI is InChI=1S/C15H14F2N2O2S/c16-12-7-13(17)9-14(8-12)22(20,21)19-6-2-4-15(19)11-3-1-5-18-10-11/h1,3,5,7-10,15H,2,4,6H2/t15-/m0/s1. The van der Waals surface area contributed by atoms with Crippen LogP contribution in [0.2, 0.25) is 0 Å². The van der Waals surface area contributed by atoms with Crippen molar-refractivity contribution >= 4 is 10.0 Å². The summed E-state index contributed by atoms with van der Waals surface area (Å²) < 4.78 is 53.3. The molecule has 116 valence electrons. The molecule has 0 bridgehead atoms. The molecular formula is C15H14F2N2O2S. The summed E-state index contributed by atoms with van der Waals surface area (Å²) in [6.07, 6.45) is 4.57. The average Bonchev–Trinajstić information content (AvgIpc) is 2.97. The van der Waals surface area contributed by atoms with Gasteiger partial charge in [0, 0.05) is 25.0 Å². The van der Waals surface area contributed by atoms with Crippen LogP contribution in [0.5, 0.6) is 0 Å². The van der Waals surface area contributed by atoms with Crippen molar-refractivity contribution in [2.24, 2.45) is 0 Å². The summed E-state index contributed by atoms with van der Waals surface area (Å²) in [4.78, 5) is 3.64. The predicted octanol–water partition coefficient (Wildman–Crippen LogP) is 2.89. The first kappa shape index (κ1) is 15.1. The zero-order valence-corrected chi connectivity index (χ0v) is 12.4. The Balaban J connectivity index is 2.01. The zero-order chi connectivity index (χ0) is 15.7. The Kier molecular flexibility index (Phi) is 3.92. The molecule has 4 nitrogen and oxygen atoms in total. The Hall–Kier alpha value is -1.86. The van der Waals surface area contributed by atoms with Gasteiger partial charge < -0.3 is 0 Å². The third-order valence-corrected chi connectivity index (χ3v) is 5.60. The van der Waals surface area contributed by atoms with E-state index in [9.17, 15) is 17.2 Å². The number of aromatic nitrogens is 1. The van der Waals surface area contributed by atoms with E-state index in [0.29, 0.717) is 25.5 Å². The van der Waals surface area contributed by atoms with Gasteiger partial charge in [0.2, 0.25) is 10.0 Å². The number of sulfonamides is 1. The van der Waals surface area contributed by atoms with E-state index in [-0.39, 0.29) is 10.9 Å². The van der Waals surface area contributed by atoms with E-state index in [1.54, 1.807) is 24.5 Å². The van der Waals surface area contributed by atoms with Crippen LogP contribution in [0.3, 0.4) is 0 Å².